The minimum absolute atomic E-state index is 0.596. The van der Waals surface area contributed by atoms with E-state index in [1.165, 1.54) is 15.6 Å². The minimum Gasteiger partial charge on any atom is -0.497 e. The van der Waals surface area contributed by atoms with Gasteiger partial charge >= 0.3 is 0 Å². The molecule has 2 aromatic carbocycles. The second-order valence-corrected chi connectivity index (χ2v) is 6.30. The summed E-state index contributed by atoms with van der Waals surface area (Å²) in [6.07, 6.45) is 0. The molecular weight excluding hydrogens is 324 g/mol. The number of fused-ring (bicyclic) bond motifs is 1. The van der Waals surface area contributed by atoms with E-state index in [9.17, 15) is 0 Å². The van der Waals surface area contributed by atoms with Gasteiger partial charge in [0.25, 0.3) is 0 Å². The Labute approximate surface area is 145 Å². The maximum Gasteiger partial charge on any atom is 0.121 e. The van der Waals surface area contributed by atoms with E-state index in [1.807, 2.05) is 18.2 Å². The standard InChI is InChI=1S/C18H18N2OS2/c1-19-16-9-14(21-2)7-8-17(16)20(12-22)10-13-11-23-18-6-4-3-5-15(13)18/h3-9,11,22H,1,10,12H2,2H3. The monoisotopic (exact) mass is 342 g/mol. The molecule has 1 aromatic heterocycles. The van der Waals surface area contributed by atoms with Crippen LogP contribution < -0.4 is 9.64 Å². The third-order valence-electron chi connectivity index (χ3n) is 3.79. The zero-order valence-corrected chi connectivity index (χ0v) is 14.6. The molecule has 5 heteroatoms. The van der Waals surface area contributed by atoms with Crippen LogP contribution in [0.15, 0.2) is 52.8 Å². The Kier molecular flexibility index (Phi) is 4.88. The molecule has 0 unspecified atom stereocenters. The average Bonchev–Trinajstić information content (AvgIpc) is 3.02. The molecule has 0 fully saturated rings. The van der Waals surface area contributed by atoms with E-state index in [1.54, 1.807) is 18.4 Å². The summed E-state index contributed by atoms with van der Waals surface area (Å²) in [6, 6.07) is 14.3. The Balaban J connectivity index is 1.95. The molecule has 23 heavy (non-hydrogen) atoms. The van der Waals surface area contributed by atoms with E-state index in [0.29, 0.717) is 5.88 Å². The Morgan fingerprint density at radius 2 is 2.09 bits per heavy atom. The quantitative estimate of drug-likeness (QED) is 0.381. The summed E-state index contributed by atoms with van der Waals surface area (Å²) < 4.78 is 6.57. The molecular formula is C18H18N2OS2. The largest absolute Gasteiger partial charge is 0.497 e. The first-order valence-corrected chi connectivity index (χ1v) is 8.73. The van der Waals surface area contributed by atoms with E-state index >= 15 is 0 Å². The molecule has 0 radical (unpaired) electrons. The van der Waals surface area contributed by atoms with Gasteiger partial charge in [-0.05, 0) is 41.2 Å². The fourth-order valence-corrected chi connectivity index (χ4v) is 3.80. The molecule has 3 nitrogen and oxygen atoms in total. The van der Waals surface area contributed by atoms with Crippen LogP contribution in [-0.4, -0.2) is 19.7 Å². The molecule has 0 N–H and O–H groups in total. The van der Waals surface area contributed by atoms with Gasteiger partial charge in [0.05, 0.1) is 24.4 Å². The van der Waals surface area contributed by atoms with Gasteiger partial charge in [0.2, 0.25) is 0 Å². The van der Waals surface area contributed by atoms with E-state index in [2.05, 4.69) is 58.9 Å². The number of hydrogen-bond acceptors (Lipinski definition) is 5. The van der Waals surface area contributed by atoms with Gasteiger partial charge in [-0.15, -0.1) is 11.3 Å². The van der Waals surface area contributed by atoms with Crippen molar-refractivity contribution in [3.05, 3.63) is 53.4 Å². The number of ether oxygens (including phenoxy) is 1. The second kappa shape index (κ2) is 7.06. The number of thiol groups is 1. The van der Waals surface area contributed by atoms with E-state index in [0.717, 1.165) is 23.7 Å². The van der Waals surface area contributed by atoms with Gasteiger partial charge in [0.15, 0.2) is 0 Å². The molecule has 3 rings (SSSR count). The number of aliphatic imine (C=N–C) groups is 1. The first-order chi connectivity index (χ1) is 11.3. The lowest BCUT2D eigenvalue weighted by atomic mass is 10.1. The highest BCUT2D eigenvalue weighted by molar-refractivity contribution is 7.80. The predicted octanol–water partition coefficient (Wildman–Crippen LogP) is 5.14. The molecule has 3 aromatic rings. The molecule has 0 atom stereocenters. The molecule has 0 bridgehead atoms. The van der Waals surface area contributed by atoms with Crippen molar-refractivity contribution in [2.24, 2.45) is 4.99 Å². The third-order valence-corrected chi connectivity index (χ3v) is 5.14. The first-order valence-electron chi connectivity index (χ1n) is 7.22. The van der Waals surface area contributed by atoms with Crippen LogP contribution in [0.25, 0.3) is 10.1 Å². The number of hydrogen-bond donors (Lipinski definition) is 1. The summed E-state index contributed by atoms with van der Waals surface area (Å²) in [6.45, 7) is 4.46. The lowest BCUT2D eigenvalue weighted by Gasteiger charge is -2.24. The van der Waals surface area contributed by atoms with E-state index in [4.69, 9.17) is 4.74 Å². The lowest BCUT2D eigenvalue weighted by Crippen LogP contribution is -2.20. The van der Waals surface area contributed by atoms with Gasteiger partial charge in [-0.1, -0.05) is 18.2 Å². The maximum atomic E-state index is 5.26. The van der Waals surface area contributed by atoms with Crippen molar-refractivity contribution in [2.75, 3.05) is 17.9 Å². The minimum atomic E-state index is 0.596. The van der Waals surface area contributed by atoms with Gasteiger partial charge in [-0.3, -0.25) is 4.99 Å². The highest BCUT2D eigenvalue weighted by Crippen LogP contribution is 2.35. The zero-order chi connectivity index (χ0) is 16.2. The van der Waals surface area contributed by atoms with Crippen LogP contribution in [0, 0.1) is 0 Å². The van der Waals surface area contributed by atoms with Crippen molar-refractivity contribution in [1.29, 1.82) is 0 Å². The molecule has 0 aliphatic heterocycles. The Bertz CT molecular complexity index is 829. The molecule has 0 amide bonds. The fraction of sp³-hybridized carbons (Fsp3) is 0.167. The Morgan fingerprint density at radius 3 is 2.83 bits per heavy atom. The van der Waals surface area contributed by atoms with Gasteiger partial charge in [-0.2, -0.15) is 12.6 Å². The third kappa shape index (κ3) is 3.21. The summed E-state index contributed by atoms with van der Waals surface area (Å²) in [5.41, 5.74) is 3.11. The number of benzene rings is 2. The van der Waals surface area contributed by atoms with Crippen LogP contribution >= 0.6 is 24.0 Å². The Hall–Kier alpha value is -1.98. The second-order valence-electron chi connectivity index (χ2n) is 5.11. The van der Waals surface area contributed by atoms with Crippen molar-refractivity contribution in [1.82, 2.24) is 0 Å². The van der Waals surface area contributed by atoms with E-state index in [-0.39, 0.29) is 0 Å². The lowest BCUT2D eigenvalue weighted by molar-refractivity contribution is 0.415. The van der Waals surface area contributed by atoms with Crippen LogP contribution in [0.1, 0.15) is 5.56 Å². The fourth-order valence-electron chi connectivity index (χ4n) is 2.60. The molecule has 0 aliphatic rings. The number of nitrogens with zero attached hydrogens (tertiary/aromatic N) is 2. The van der Waals surface area contributed by atoms with Gasteiger partial charge in [0.1, 0.15) is 5.75 Å². The number of rotatable bonds is 6. The van der Waals surface area contributed by atoms with Crippen molar-refractivity contribution in [3.8, 4) is 5.75 Å². The van der Waals surface area contributed by atoms with Crippen LogP contribution in [0.4, 0.5) is 11.4 Å². The number of methoxy groups -OCH3 is 1. The number of thiophene rings is 1. The summed E-state index contributed by atoms with van der Waals surface area (Å²) in [5.74, 6) is 1.37. The van der Waals surface area contributed by atoms with Crippen molar-refractivity contribution in [2.45, 2.75) is 6.54 Å². The first kappa shape index (κ1) is 15.9. The molecule has 0 saturated carbocycles. The van der Waals surface area contributed by atoms with Gasteiger partial charge < -0.3 is 9.64 Å². The van der Waals surface area contributed by atoms with Gasteiger partial charge in [-0.25, -0.2) is 0 Å². The van der Waals surface area contributed by atoms with Crippen LogP contribution in [0.5, 0.6) is 5.75 Å². The molecule has 1 heterocycles. The normalized spacial score (nSPS) is 10.7. The molecule has 0 spiro atoms. The SMILES string of the molecule is C=Nc1cc(OC)ccc1N(CS)Cc1csc2ccccc12. The summed E-state index contributed by atoms with van der Waals surface area (Å²) in [4.78, 5) is 6.32. The average molecular weight is 342 g/mol. The highest BCUT2D eigenvalue weighted by atomic mass is 32.1. The summed E-state index contributed by atoms with van der Waals surface area (Å²) >= 11 is 6.27. The van der Waals surface area contributed by atoms with Crippen molar-refractivity contribution < 1.29 is 4.74 Å². The van der Waals surface area contributed by atoms with Crippen LogP contribution in [0.3, 0.4) is 0 Å². The zero-order valence-electron chi connectivity index (χ0n) is 12.9. The van der Waals surface area contributed by atoms with Crippen LogP contribution in [0.2, 0.25) is 0 Å². The smallest absolute Gasteiger partial charge is 0.121 e. The van der Waals surface area contributed by atoms with Crippen molar-refractivity contribution >= 4 is 52.1 Å². The highest BCUT2D eigenvalue weighted by Gasteiger charge is 2.13. The molecule has 118 valence electrons. The molecule has 0 saturated heterocycles. The van der Waals surface area contributed by atoms with E-state index < -0.39 is 0 Å². The topological polar surface area (TPSA) is 24.8 Å². The summed E-state index contributed by atoms with van der Waals surface area (Å²) in [5, 5.41) is 3.51. The van der Waals surface area contributed by atoms with Gasteiger partial charge in [0, 0.05) is 17.3 Å². The summed E-state index contributed by atoms with van der Waals surface area (Å²) in [7, 11) is 1.65. The van der Waals surface area contributed by atoms with Crippen molar-refractivity contribution in [3.63, 3.8) is 0 Å². The van der Waals surface area contributed by atoms with Crippen LogP contribution in [-0.2, 0) is 6.54 Å². The Morgan fingerprint density at radius 1 is 1.26 bits per heavy atom. The molecule has 0 aliphatic carbocycles. The predicted molar refractivity (Wildman–Crippen MR) is 104 cm³/mol. The number of anilines is 1. The maximum absolute atomic E-state index is 5.26.